The Balaban J connectivity index is 2.60. The number of benzene rings is 1. The van der Waals surface area contributed by atoms with Crippen LogP contribution in [0, 0.1) is 5.92 Å². The van der Waals surface area contributed by atoms with Crippen molar-refractivity contribution in [1.82, 2.24) is 0 Å². The molecule has 0 aliphatic rings. The fourth-order valence-corrected chi connectivity index (χ4v) is 3.33. The summed E-state index contributed by atoms with van der Waals surface area (Å²) in [5, 5.41) is 0. The molecular weight excluding hydrogens is 312 g/mol. The highest BCUT2D eigenvalue weighted by Gasteiger charge is 2.08. The Labute approximate surface area is 122 Å². The van der Waals surface area contributed by atoms with Crippen molar-refractivity contribution < 1.29 is 9.53 Å². The average molecular weight is 331 g/mol. The summed E-state index contributed by atoms with van der Waals surface area (Å²) in [6.45, 7) is 4.48. The number of methoxy groups -OCH3 is 1. The fraction of sp³-hybridized carbons (Fsp3) is 0.500. The molecule has 1 atom stereocenters. The second-order valence-corrected chi connectivity index (χ2v) is 6.21. The second kappa shape index (κ2) is 7.85. The molecule has 0 aliphatic heterocycles. The molecule has 0 radical (unpaired) electrons. The van der Waals surface area contributed by atoms with Crippen molar-refractivity contribution in [2.75, 3.05) is 12.9 Å². The molecule has 0 amide bonds. The maximum atomic E-state index is 11.4. The van der Waals surface area contributed by atoms with Gasteiger partial charge in [-0.2, -0.15) is 11.8 Å². The van der Waals surface area contributed by atoms with Crippen LogP contribution in [0.1, 0.15) is 36.2 Å². The largest absolute Gasteiger partial charge is 0.465 e. The molecule has 0 saturated heterocycles. The molecule has 4 heteroatoms. The van der Waals surface area contributed by atoms with E-state index < -0.39 is 0 Å². The first-order chi connectivity index (χ1) is 8.58. The number of esters is 1. The Kier molecular flexibility index (Phi) is 6.79. The molecular formula is C14H19BrO2S. The first kappa shape index (κ1) is 15.6. The predicted molar refractivity (Wildman–Crippen MR) is 81.1 cm³/mol. The molecule has 0 aromatic heterocycles. The monoisotopic (exact) mass is 330 g/mol. The summed E-state index contributed by atoms with van der Waals surface area (Å²) in [7, 11) is 1.39. The Morgan fingerprint density at radius 2 is 2.22 bits per heavy atom. The third kappa shape index (κ3) is 4.65. The van der Waals surface area contributed by atoms with Gasteiger partial charge in [-0.15, -0.1) is 0 Å². The number of rotatable bonds is 6. The number of carbonyl (C=O) groups is 1. The number of halogens is 1. The quantitative estimate of drug-likeness (QED) is 0.717. The van der Waals surface area contributed by atoms with Gasteiger partial charge in [0.1, 0.15) is 0 Å². The van der Waals surface area contributed by atoms with Gasteiger partial charge in [0.25, 0.3) is 0 Å². The summed E-state index contributed by atoms with van der Waals surface area (Å²) in [5.74, 6) is 2.59. The van der Waals surface area contributed by atoms with Gasteiger partial charge in [-0.1, -0.05) is 42.3 Å². The number of hydrogen-bond donors (Lipinski definition) is 0. The highest BCUT2D eigenvalue weighted by Crippen LogP contribution is 2.25. The minimum atomic E-state index is -0.297. The molecule has 1 unspecified atom stereocenters. The first-order valence-corrected chi connectivity index (χ1v) is 7.97. The number of carbonyl (C=O) groups excluding carboxylic acids is 1. The lowest BCUT2D eigenvalue weighted by molar-refractivity contribution is 0.0600. The van der Waals surface area contributed by atoms with Crippen molar-refractivity contribution in [2.24, 2.45) is 5.92 Å². The molecule has 1 rings (SSSR count). The van der Waals surface area contributed by atoms with E-state index >= 15 is 0 Å². The van der Waals surface area contributed by atoms with Gasteiger partial charge in [0, 0.05) is 10.2 Å². The van der Waals surface area contributed by atoms with E-state index in [2.05, 4.69) is 29.8 Å². The van der Waals surface area contributed by atoms with Crippen molar-refractivity contribution in [3.8, 4) is 0 Å². The molecule has 0 bridgehead atoms. The summed E-state index contributed by atoms with van der Waals surface area (Å²) < 4.78 is 5.67. The molecule has 0 aliphatic carbocycles. The summed E-state index contributed by atoms with van der Waals surface area (Å²) >= 11 is 5.43. The van der Waals surface area contributed by atoms with Crippen LogP contribution in [0.4, 0.5) is 0 Å². The lowest BCUT2D eigenvalue weighted by Crippen LogP contribution is -2.01. The Bertz CT molecular complexity index is 407. The van der Waals surface area contributed by atoms with E-state index in [9.17, 15) is 4.79 Å². The van der Waals surface area contributed by atoms with Crippen LogP contribution < -0.4 is 0 Å². The Hall–Kier alpha value is -0.480. The topological polar surface area (TPSA) is 26.3 Å². The van der Waals surface area contributed by atoms with Crippen molar-refractivity contribution in [2.45, 2.75) is 26.0 Å². The van der Waals surface area contributed by atoms with Crippen molar-refractivity contribution >= 4 is 33.7 Å². The zero-order valence-corrected chi connectivity index (χ0v) is 13.4. The van der Waals surface area contributed by atoms with Gasteiger partial charge in [-0.05, 0) is 29.4 Å². The van der Waals surface area contributed by atoms with Crippen LogP contribution in [-0.2, 0) is 10.5 Å². The second-order valence-electron chi connectivity index (χ2n) is 4.33. The molecule has 0 fully saturated rings. The van der Waals surface area contributed by atoms with Gasteiger partial charge < -0.3 is 4.74 Å². The third-order valence-electron chi connectivity index (χ3n) is 2.83. The molecule has 0 spiro atoms. The predicted octanol–water partition coefficient (Wildman–Crippen LogP) is 4.52. The first-order valence-electron chi connectivity index (χ1n) is 6.03. The van der Waals surface area contributed by atoms with Gasteiger partial charge in [0.05, 0.1) is 12.7 Å². The van der Waals surface area contributed by atoms with Crippen LogP contribution in [-0.4, -0.2) is 18.8 Å². The van der Waals surface area contributed by atoms with E-state index in [0.717, 1.165) is 16.1 Å². The standard InChI is InChI=1S/C14H19BrO2S/c1-4-10(2)8-18-9-12-6-5-11(7-13(12)15)14(16)17-3/h5-7,10H,4,8-9H2,1-3H3. The lowest BCUT2D eigenvalue weighted by Gasteiger charge is -2.09. The average Bonchev–Trinajstić information content (AvgIpc) is 2.39. The SMILES string of the molecule is CCC(C)CSCc1ccc(C(=O)OC)cc1Br. The molecule has 1 aromatic rings. The normalized spacial score (nSPS) is 12.2. The van der Waals surface area contributed by atoms with Crippen molar-refractivity contribution in [1.29, 1.82) is 0 Å². The van der Waals surface area contributed by atoms with Crippen LogP contribution in [0.15, 0.2) is 22.7 Å². The highest BCUT2D eigenvalue weighted by atomic mass is 79.9. The molecule has 0 N–H and O–H groups in total. The third-order valence-corrected chi connectivity index (χ3v) is 4.89. The van der Waals surface area contributed by atoms with E-state index in [1.165, 1.54) is 24.8 Å². The fourth-order valence-electron chi connectivity index (χ4n) is 1.40. The van der Waals surface area contributed by atoms with Gasteiger partial charge in [-0.25, -0.2) is 4.79 Å². The van der Waals surface area contributed by atoms with Gasteiger partial charge in [-0.3, -0.25) is 0 Å². The van der Waals surface area contributed by atoms with Gasteiger partial charge in [0.15, 0.2) is 0 Å². The van der Waals surface area contributed by atoms with E-state index in [1.54, 1.807) is 0 Å². The maximum Gasteiger partial charge on any atom is 0.337 e. The summed E-state index contributed by atoms with van der Waals surface area (Å²) in [6.07, 6.45) is 1.22. The van der Waals surface area contributed by atoms with Crippen LogP contribution >= 0.6 is 27.7 Å². The van der Waals surface area contributed by atoms with Crippen LogP contribution in [0.25, 0.3) is 0 Å². The van der Waals surface area contributed by atoms with E-state index in [-0.39, 0.29) is 5.97 Å². The number of hydrogen-bond acceptors (Lipinski definition) is 3. The van der Waals surface area contributed by atoms with E-state index in [1.807, 2.05) is 30.0 Å². The summed E-state index contributed by atoms with van der Waals surface area (Å²) in [5.41, 5.74) is 1.80. The molecule has 1 aromatic carbocycles. The van der Waals surface area contributed by atoms with E-state index in [4.69, 9.17) is 4.74 Å². The van der Waals surface area contributed by atoms with Crippen LogP contribution in [0.3, 0.4) is 0 Å². The molecule has 100 valence electrons. The minimum Gasteiger partial charge on any atom is -0.465 e. The van der Waals surface area contributed by atoms with Crippen LogP contribution in [0.2, 0.25) is 0 Å². The van der Waals surface area contributed by atoms with Crippen molar-refractivity contribution in [3.63, 3.8) is 0 Å². The highest BCUT2D eigenvalue weighted by molar-refractivity contribution is 9.10. The molecule has 2 nitrogen and oxygen atoms in total. The number of thioether (sulfide) groups is 1. The van der Waals surface area contributed by atoms with Gasteiger partial charge >= 0.3 is 5.97 Å². The minimum absolute atomic E-state index is 0.297. The smallest absolute Gasteiger partial charge is 0.337 e. The van der Waals surface area contributed by atoms with Gasteiger partial charge in [0.2, 0.25) is 0 Å². The zero-order chi connectivity index (χ0) is 13.5. The number of ether oxygens (including phenoxy) is 1. The molecule has 18 heavy (non-hydrogen) atoms. The molecule has 0 heterocycles. The summed E-state index contributed by atoms with van der Waals surface area (Å²) in [4.78, 5) is 11.4. The Morgan fingerprint density at radius 3 is 2.78 bits per heavy atom. The zero-order valence-electron chi connectivity index (χ0n) is 11.0. The van der Waals surface area contributed by atoms with Crippen LogP contribution in [0.5, 0.6) is 0 Å². The maximum absolute atomic E-state index is 11.4. The van der Waals surface area contributed by atoms with E-state index in [0.29, 0.717) is 5.56 Å². The Morgan fingerprint density at radius 1 is 1.50 bits per heavy atom. The summed E-state index contributed by atoms with van der Waals surface area (Å²) in [6, 6.07) is 5.63. The van der Waals surface area contributed by atoms with Crippen molar-refractivity contribution in [3.05, 3.63) is 33.8 Å². The lowest BCUT2D eigenvalue weighted by atomic mass is 10.1. The molecule has 0 saturated carbocycles.